The van der Waals surface area contributed by atoms with Crippen molar-refractivity contribution in [3.8, 4) is 0 Å². The van der Waals surface area contributed by atoms with Crippen LogP contribution in [0.25, 0.3) is 0 Å². The maximum Gasteiger partial charge on any atom is 0.328 e. The minimum absolute atomic E-state index is 0.204. The van der Waals surface area contributed by atoms with Crippen molar-refractivity contribution in [3.63, 3.8) is 0 Å². The minimum Gasteiger partial charge on any atom is -0.464 e. The summed E-state index contributed by atoms with van der Waals surface area (Å²) in [5.41, 5.74) is 4.01. The maximum absolute atomic E-state index is 12.3. The molecule has 2 amide bonds. The van der Waals surface area contributed by atoms with Crippen molar-refractivity contribution in [1.29, 1.82) is 0 Å². The molecular weight excluding hydrogens is 386 g/mol. The molecule has 0 bridgehead atoms. The molecule has 30 heavy (non-hydrogen) atoms. The molecular formula is C21H25N5O4. The van der Waals surface area contributed by atoms with Crippen molar-refractivity contribution in [1.82, 2.24) is 16.1 Å². The molecule has 0 aliphatic rings. The van der Waals surface area contributed by atoms with Gasteiger partial charge in [0.1, 0.15) is 12.4 Å². The van der Waals surface area contributed by atoms with Crippen LogP contribution in [-0.2, 0) is 20.7 Å². The molecule has 0 fully saturated rings. The first-order valence-corrected chi connectivity index (χ1v) is 9.40. The number of carbonyl (C=O) groups is 3. The Labute approximate surface area is 174 Å². The second kappa shape index (κ2) is 12.0. The molecule has 0 radical (unpaired) electrons. The molecule has 0 aromatic heterocycles. The Hall–Kier alpha value is -3.72. The Morgan fingerprint density at radius 3 is 2.60 bits per heavy atom. The van der Waals surface area contributed by atoms with E-state index in [2.05, 4.69) is 21.1 Å². The first-order chi connectivity index (χ1) is 14.5. The lowest BCUT2D eigenvalue weighted by Gasteiger charge is -2.17. The van der Waals surface area contributed by atoms with Crippen LogP contribution in [0.5, 0.6) is 0 Å². The van der Waals surface area contributed by atoms with Gasteiger partial charge in [-0.2, -0.15) is 0 Å². The van der Waals surface area contributed by atoms with Crippen LogP contribution >= 0.6 is 0 Å². The standard InChI is InChI=1S/C21H25N5O4/c1-2-30-21(29)18(11-15-7-4-3-5-8-15)26-19(27)13-23-20(28)16-9-6-10-17(12-16)24-14-25-22/h3-10,12,14,18H,2,11,13,22H2,1H3,(H,23,28)(H,24,25)(H,26,27). The maximum atomic E-state index is 12.3. The third kappa shape index (κ3) is 7.36. The number of hydrogen-bond donors (Lipinski definition) is 4. The molecule has 1 atom stereocenters. The van der Waals surface area contributed by atoms with Gasteiger partial charge in [-0.25, -0.2) is 15.6 Å². The highest BCUT2D eigenvalue weighted by Gasteiger charge is 2.22. The first kappa shape index (κ1) is 22.6. The predicted octanol–water partition coefficient (Wildman–Crippen LogP) is 0.830. The number of nitrogens with two attached hydrogens (primary N) is 1. The molecule has 1 unspecified atom stereocenters. The molecule has 0 aliphatic carbocycles. The molecule has 2 aromatic carbocycles. The second-order valence-electron chi connectivity index (χ2n) is 6.22. The van der Waals surface area contributed by atoms with Crippen LogP contribution in [0.2, 0.25) is 0 Å². The highest BCUT2D eigenvalue weighted by Crippen LogP contribution is 2.13. The summed E-state index contributed by atoms with van der Waals surface area (Å²) in [6.45, 7) is 1.61. The summed E-state index contributed by atoms with van der Waals surface area (Å²) >= 11 is 0. The first-order valence-electron chi connectivity index (χ1n) is 9.40. The normalized spacial score (nSPS) is 11.5. The molecule has 5 N–H and O–H groups in total. The van der Waals surface area contributed by atoms with Crippen LogP contribution in [0.15, 0.2) is 59.6 Å². The Balaban J connectivity index is 1.95. The number of hydrazine groups is 1. The lowest BCUT2D eigenvalue weighted by atomic mass is 10.1. The SMILES string of the molecule is CCOC(=O)C(Cc1ccccc1)NC(=O)CNC(=O)c1cccc(N=CNN)c1. The molecule has 0 aliphatic heterocycles. The number of nitrogens with one attached hydrogen (secondary N) is 3. The van der Waals surface area contributed by atoms with Crippen LogP contribution in [-0.4, -0.2) is 43.3 Å². The van der Waals surface area contributed by atoms with Gasteiger partial charge in [-0.15, -0.1) is 0 Å². The smallest absolute Gasteiger partial charge is 0.328 e. The topological polar surface area (TPSA) is 135 Å². The van der Waals surface area contributed by atoms with Crippen LogP contribution in [0.4, 0.5) is 5.69 Å². The van der Waals surface area contributed by atoms with Crippen molar-refractivity contribution >= 4 is 29.8 Å². The zero-order valence-corrected chi connectivity index (χ0v) is 16.6. The van der Waals surface area contributed by atoms with Crippen LogP contribution < -0.4 is 21.9 Å². The highest BCUT2D eigenvalue weighted by atomic mass is 16.5. The van der Waals surface area contributed by atoms with Gasteiger partial charge in [0, 0.05) is 12.0 Å². The van der Waals surface area contributed by atoms with Gasteiger partial charge in [-0.3, -0.25) is 9.59 Å². The Bertz CT molecular complexity index is 886. The molecule has 0 heterocycles. The number of benzene rings is 2. The van der Waals surface area contributed by atoms with E-state index in [4.69, 9.17) is 10.6 Å². The van der Waals surface area contributed by atoms with Crippen molar-refractivity contribution in [2.45, 2.75) is 19.4 Å². The van der Waals surface area contributed by atoms with Gasteiger partial charge in [0.25, 0.3) is 5.91 Å². The van der Waals surface area contributed by atoms with E-state index in [-0.39, 0.29) is 19.6 Å². The number of nitrogens with zero attached hydrogens (tertiary/aromatic N) is 1. The molecule has 9 heteroatoms. The number of rotatable bonds is 10. The Morgan fingerprint density at radius 1 is 1.13 bits per heavy atom. The third-order valence-corrected chi connectivity index (χ3v) is 3.99. The van der Waals surface area contributed by atoms with Gasteiger partial charge in [0.05, 0.1) is 18.8 Å². The van der Waals surface area contributed by atoms with E-state index in [1.165, 1.54) is 6.34 Å². The lowest BCUT2D eigenvalue weighted by Crippen LogP contribution is -2.47. The average molecular weight is 411 g/mol. The summed E-state index contributed by atoms with van der Waals surface area (Å²) in [5, 5.41) is 5.15. The van der Waals surface area contributed by atoms with Crippen molar-refractivity contribution < 1.29 is 19.1 Å². The fourth-order valence-electron chi connectivity index (χ4n) is 2.63. The van der Waals surface area contributed by atoms with Crippen molar-refractivity contribution in [2.24, 2.45) is 10.8 Å². The predicted molar refractivity (Wildman–Crippen MR) is 113 cm³/mol. The van der Waals surface area contributed by atoms with Gasteiger partial charge in [0.2, 0.25) is 5.91 Å². The lowest BCUT2D eigenvalue weighted by molar-refractivity contribution is -0.147. The molecule has 0 saturated heterocycles. The number of esters is 1. The van der Waals surface area contributed by atoms with Gasteiger partial charge in [-0.1, -0.05) is 36.4 Å². The summed E-state index contributed by atoms with van der Waals surface area (Å²) in [5.74, 6) is 3.65. The van der Waals surface area contributed by atoms with Gasteiger partial charge < -0.3 is 20.8 Å². The number of hydrogen-bond acceptors (Lipinski definition) is 6. The molecule has 0 saturated carbocycles. The number of aliphatic imine (C=N–C) groups is 1. The van der Waals surface area contributed by atoms with E-state index in [1.807, 2.05) is 30.3 Å². The number of amides is 2. The fourth-order valence-corrected chi connectivity index (χ4v) is 2.63. The number of ether oxygens (including phenoxy) is 1. The Kier molecular flexibility index (Phi) is 9.01. The van der Waals surface area contributed by atoms with E-state index in [9.17, 15) is 14.4 Å². The van der Waals surface area contributed by atoms with Crippen LogP contribution in [0, 0.1) is 0 Å². The molecule has 2 rings (SSSR count). The van der Waals surface area contributed by atoms with Gasteiger partial charge >= 0.3 is 5.97 Å². The van der Waals surface area contributed by atoms with Crippen molar-refractivity contribution in [3.05, 3.63) is 65.7 Å². The Morgan fingerprint density at radius 2 is 1.90 bits per heavy atom. The summed E-state index contributed by atoms with van der Waals surface area (Å²) < 4.78 is 5.05. The summed E-state index contributed by atoms with van der Waals surface area (Å²) in [7, 11) is 0. The zero-order valence-electron chi connectivity index (χ0n) is 16.6. The fraction of sp³-hybridized carbons (Fsp3) is 0.238. The van der Waals surface area contributed by atoms with E-state index in [0.29, 0.717) is 11.3 Å². The van der Waals surface area contributed by atoms with E-state index in [0.717, 1.165) is 5.56 Å². The monoisotopic (exact) mass is 411 g/mol. The molecule has 0 spiro atoms. The summed E-state index contributed by atoms with van der Waals surface area (Å²) in [6.07, 6.45) is 1.57. The summed E-state index contributed by atoms with van der Waals surface area (Å²) in [4.78, 5) is 40.9. The van der Waals surface area contributed by atoms with Gasteiger partial charge in [-0.05, 0) is 30.7 Å². The molecule has 9 nitrogen and oxygen atoms in total. The summed E-state index contributed by atoms with van der Waals surface area (Å²) in [6, 6.07) is 14.9. The third-order valence-electron chi connectivity index (χ3n) is 3.99. The average Bonchev–Trinajstić information content (AvgIpc) is 2.76. The van der Waals surface area contributed by atoms with Crippen LogP contribution in [0.3, 0.4) is 0 Å². The molecule has 2 aromatic rings. The largest absolute Gasteiger partial charge is 0.464 e. The van der Waals surface area contributed by atoms with E-state index in [1.54, 1.807) is 31.2 Å². The van der Waals surface area contributed by atoms with Gasteiger partial charge in [0.15, 0.2) is 0 Å². The molecule has 158 valence electrons. The second-order valence-corrected chi connectivity index (χ2v) is 6.22. The van der Waals surface area contributed by atoms with E-state index < -0.39 is 23.8 Å². The number of carbonyl (C=O) groups excluding carboxylic acids is 3. The quantitative estimate of drug-likeness (QED) is 0.150. The van der Waals surface area contributed by atoms with E-state index >= 15 is 0 Å². The van der Waals surface area contributed by atoms with Crippen LogP contribution in [0.1, 0.15) is 22.8 Å². The highest BCUT2D eigenvalue weighted by molar-refractivity contribution is 5.97. The zero-order chi connectivity index (χ0) is 21.8. The van der Waals surface area contributed by atoms with Crippen molar-refractivity contribution in [2.75, 3.05) is 13.2 Å². The minimum atomic E-state index is -0.849.